The Morgan fingerprint density at radius 3 is 2.82 bits per heavy atom. The molecular formula is C12H12ClN3S. The zero-order chi connectivity index (χ0) is 11.8. The summed E-state index contributed by atoms with van der Waals surface area (Å²) >= 11 is 7.70. The van der Waals surface area contributed by atoms with Crippen molar-refractivity contribution >= 4 is 28.1 Å². The van der Waals surface area contributed by atoms with Gasteiger partial charge in [-0.3, -0.25) is 5.01 Å². The van der Waals surface area contributed by atoms with Crippen LogP contribution in [-0.2, 0) is 0 Å². The number of benzene rings is 1. The minimum atomic E-state index is 0.472. The summed E-state index contributed by atoms with van der Waals surface area (Å²) in [5.74, 6) is 5.98. The number of hydrogen-bond donors (Lipinski definition) is 1. The smallest absolute Gasteiger partial charge is 0.200 e. The van der Waals surface area contributed by atoms with Gasteiger partial charge in [-0.2, -0.15) is 0 Å². The molecule has 0 bridgehead atoms. The molecule has 2 aromatic rings. The molecule has 3 rings (SSSR count). The second-order valence-electron chi connectivity index (χ2n) is 4.13. The summed E-state index contributed by atoms with van der Waals surface area (Å²) in [7, 11) is 0. The zero-order valence-corrected chi connectivity index (χ0v) is 10.7. The van der Waals surface area contributed by atoms with Gasteiger partial charge in [0.25, 0.3) is 0 Å². The number of hydrazine groups is 1. The van der Waals surface area contributed by atoms with Gasteiger partial charge >= 0.3 is 0 Å². The van der Waals surface area contributed by atoms with Gasteiger partial charge in [-0.25, -0.2) is 10.8 Å². The van der Waals surface area contributed by atoms with E-state index >= 15 is 0 Å². The molecule has 1 heterocycles. The van der Waals surface area contributed by atoms with Crippen LogP contribution in [0.1, 0.15) is 12.8 Å². The lowest BCUT2D eigenvalue weighted by molar-refractivity contribution is 0.841. The Morgan fingerprint density at radius 2 is 2.12 bits per heavy atom. The second-order valence-corrected chi connectivity index (χ2v) is 5.38. The van der Waals surface area contributed by atoms with Crippen LogP contribution in [0.25, 0.3) is 11.3 Å². The Kier molecular flexibility index (Phi) is 2.78. The molecular weight excluding hydrogens is 254 g/mol. The fourth-order valence-corrected chi connectivity index (χ4v) is 2.74. The molecule has 1 saturated carbocycles. The number of hydrogen-bond acceptors (Lipinski definition) is 4. The van der Waals surface area contributed by atoms with E-state index in [1.165, 1.54) is 0 Å². The summed E-state index contributed by atoms with van der Waals surface area (Å²) in [4.78, 5) is 4.54. The van der Waals surface area contributed by atoms with E-state index in [1.54, 1.807) is 16.3 Å². The fraction of sp³-hybridized carbons (Fsp3) is 0.250. The zero-order valence-electron chi connectivity index (χ0n) is 9.14. The minimum absolute atomic E-state index is 0.472. The molecule has 5 heteroatoms. The Balaban J connectivity index is 1.92. The molecule has 1 aromatic carbocycles. The van der Waals surface area contributed by atoms with Gasteiger partial charge in [-0.1, -0.05) is 29.8 Å². The van der Waals surface area contributed by atoms with Crippen molar-refractivity contribution in [3.8, 4) is 11.3 Å². The van der Waals surface area contributed by atoms with E-state index in [0.29, 0.717) is 6.04 Å². The molecule has 3 nitrogen and oxygen atoms in total. The molecule has 0 radical (unpaired) electrons. The molecule has 0 aliphatic heterocycles. The third-order valence-corrected chi connectivity index (χ3v) is 3.99. The SMILES string of the molecule is NN(c1nc(-c2ccccc2Cl)cs1)C1CC1. The van der Waals surface area contributed by atoms with Gasteiger partial charge in [0, 0.05) is 22.0 Å². The maximum Gasteiger partial charge on any atom is 0.200 e. The van der Waals surface area contributed by atoms with Gasteiger partial charge < -0.3 is 0 Å². The summed E-state index contributed by atoms with van der Waals surface area (Å²) < 4.78 is 0. The fourth-order valence-electron chi connectivity index (χ4n) is 1.68. The third kappa shape index (κ3) is 2.16. The largest absolute Gasteiger partial charge is 0.283 e. The van der Waals surface area contributed by atoms with E-state index in [1.807, 2.05) is 29.6 Å². The normalized spacial score (nSPS) is 14.9. The third-order valence-electron chi connectivity index (χ3n) is 2.80. The first-order valence-corrected chi connectivity index (χ1v) is 6.76. The Labute approximate surface area is 109 Å². The molecule has 0 spiro atoms. The van der Waals surface area contributed by atoms with E-state index < -0.39 is 0 Å². The molecule has 0 atom stereocenters. The van der Waals surface area contributed by atoms with Crippen LogP contribution in [0, 0.1) is 0 Å². The first-order chi connectivity index (χ1) is 8.25. The average molecular weight is 266 g/mol. The van der Waals surface area contributed by atoms with Crippen LogP contribution in [0.4, 0.5) is 5.13 Å². The summed E-state index contributed by atoms with van der Waals surface area (Å²) in [6.07, 6.45) is 2.33. The molecule has 1 fully saturated rings. The standard InChI is InChI=1S/C12H12ClN3S/c13-10-4-2-1-3-9(10)11-7-17-12(15-11)16(14)8-5-6-8/h1-4,7-8H,5-6,14H2. The van der Waals surface area contributed by atoms with Crippen molar-refractivity contribution in [3.63, 3.8) is 0 Å². The van der Waals surface area contributed by atoms with Crippen molar-refractivity contribution in [3.05, 3.63) is 34.7 Å². The van der Waals surface area contributed by atoms with E-state index in [2.05, 4.69) is 4.98 Å². The van der Waals surface area contributed by atoms with E-state index in [9.17, 15) is 0 Å². The van der Waals surface area contributed by atoms with E-state index in [4.69, 9.17) is 17.4 Å². The molecule has 1 aliphatic carbocycles. The Bertz CT molecular complexity index is 536. The number of rotatable bonds is 3. The summed E-state index contributed by atoms with van der Waals surface area (Å²) in [5.41, 5.74) is 1.85. The number of nitrogens with zero attached hydrogens (tertiary/aromatic N) is 2. The second kappa shape index (κ2) is 4.29. The molecule has 17 heavy (non-hydrogen) atoms. The van der Waals surface area contributed by atoms with Crippen LogP contribution < -0.4 is 10.9 Å². The first-order valence-electron chi connectivity index (χ1n) is 5.50. The topological polar surface area (TPSA) is 42.1 Å². The van der Waals surface area contributed by atoms with E-state index in [-0.39, 0.29) is 0 Å². The van der Waals surface area contributed by atoms with Gasteiger partial charge in [-0.05, 0) is 18.9 Å². The van der Waals surface area contributed by atoms with Crippen LogP contribution in [0.5, 0.6) is 0 Å². The highest BCUT2D eigenvalue weighted by Crippen LogP contribution is 2.34. The summed E-state index contributed by atoms with van der Waals surface area (Å²) in [6, 6.07) is 8.19. The maximum atomic E-state index is 6.14. The lowest BCUT2D eigenvalue weighted by Crippen LogP contribution is -2.32. The highest BCUT2D eigenvalue weighted by molar-refractivity contribution is 7.14. The monoisotopic (exact) mass is 265 g/mol. The number of thiazole rings is 1. The first kappa shape index (κ1) is 11.0. The highest BCUT2D eigenvalue weighted by Gasteiger charge is 2.29. The van der Waals surface area contributed by atoms with Gasteiger partial charge in [0.15, 0.2) is 5.13 Å². The molecule has 0 saturated heterocycles. The molecule has 0 unspecified atom stereocenters. The van der Waals surface area contributed by atoms with E-state index in [0.717, 1.165) is 34.3 Å². The molecule has 1 aliphatic rings. The van der Waals surface area contributed by atoms with Crippen LogP contribution in [0.3, 0.4) is 0 Å². The molecule has 0 amide bonds. The number of halogens is 1. The molecule has 2 N–H and O–H groups in total. The maximum absolute atomic E-state index is 6.14. The van der Waals surface area contributed by atoms with Crippen molar-refractivity contribution in [2.24, 2.45) is 5.84 Å². The van der Waals surface area contributed by atoms with Crippen molar-refractivity contribution in [2.45, 2.75) is 18.9 Å². The lowest BCUT2D eigenvalue weighted by Gasteiger charge is -2.12. The van der Waals surface area contributed by atoms with Crippen molar-refractivity contribution in [2.75, 3.05) is 5.01 Å². The van der Waals surface area contributed by atoms with Gasteiger partial charge in [0.2, 0.25) is 0 Å². The van der Waals surface area contributed by atoms with Gasteiger partial charge in [0.05, 0.1) is 5.69 Å². The summed E-state index contributed by atoms with van der Waals surface area (Å²) in [5, 5.41) is 5.35. The van der Waals surface area contributed by atoms with Crippen LogP contribution in [0.2, 0.25) is 5.02 Å². The average Bonchev–Trinajstić information content (AvgIpc) is 3.07. The van der Waals surface area contributed by atoms with Crippen LogP contribution >= 0.6 is 22.9 Å². The van der Waals surface area contributed by atoms with Crippen molar-refractivity contribution < 1.29 is 0 Å². The Morgan fingerprint density at radius 1 is 1.35 bits per heavy atom. The predicted octanol–water partition coefficient (Wildman–Crippen LogP) is 3.31. The quantitative estimate of drug-likeness (QED) is 0.684. The van der Waals surface area contributed by atoms with Crippen molar-refractivity contribution in [1.82, 2.24) is 4.98 Å². The van der Waals surface area contributed by atoms with Gasteiger partial charge in [-0.15, -0.1) is 11.3 Å². The molecule has 88 valence electrons. The Hall–Kier alpha value is -1.10. The molecule has 1 aromatic heterocycles. The minimum Gasteiger partial charge on any atom is -0.283 e. The summed E-state index contributed by atoms with van der Waals surface area (Å²) in [6.45, 7) is 0. The van der Waals surface area contributed by atoms with Crippen molar-refractivity contribution in [1.29, 1.82) is 0 Å². The van der Waals surface area contributed by atoms with Gasteiger partial charge in [0.1, 0.15) is 0 Å². The van der Waals surface area contributed by atoms with Crippen LogP contribution in [-0.4, -0.2) is 11.0 Å². The lowest BCUT2D eigenvalue weighted by atomic mass is 10.2. The number of aromatic nitrogens is 1. The van der Waals surface area contributed by atoms with Crippen LogP contribution in [0.15, 0.2) is 29.6 Å². The number of anilines is 1. The number of nitrogens with two attached hydrogens (primary N) is 1. The highest BCUT2D eigenvalue weighted by atomic mass is 35.5. The predicted molar refractivity (Wildman–Crippen MR) is 72.2 cm³/mol.